The van der Waals surface area contributed by atoms with Gasteiger partial charge in [-0.1, -0.05) is 18.2 Å². The number of carbonyl (C=O) groups excluding carboxylic acids is 1. The molecule has 0 saturated carbocycles. The van der Waals surface area contributed by atoms with Crippen molar-refractivity contribution in [2.75, 3.05) is 5.32 Å². The van der Waals surface area contributed by atoms with E-state index in [1.165, 1.54) is 5.39 Å². The molecule has 0 spiro atoms. The molecule has 0 bridgehead atoms. The zero-order chi connectivity index (χ0) is 15.5. The van der Waals surface area contributed by atoms with Crippen LogP contribution in [0.5, 0.6) is 0 Å². The van der Waals surface area contributed by atoms with Crippen LogP contribution in [0.1, 0.15) is 5.56 Å². The smallest absolute Gasteiger partial charge is 0.290 e. The third kappa shape index (κ3) is 3.44. The topological polar surface area (TPSA) is 33.0 Å². The number of carbonyl (C=O) groups is 1. The number of rotatable bonds is 3. The Morgan fingerprint density at radius 3 is 2.68 bits per heavy atom. The molecule has 22 heavy (non-hydrogen) atoms. The van der Waals surface area contributed by atoms with Gasteiger partial charge < -0.3 is 5.32 Å². The molecule has 1 N–H and O–H groups in total. The number of aromatic nitrogens is 1. The first-order valence-electron chi connectivity index (χ1n) is 7.06. The van der Waals surface area contributed by atoms with Gasteiger partial charge >= 0.3 is 0 Å². The minimum atomic E-state index is -0.0235. The van der Waals surface area contributed by atoms with Crippen LogP contribution in [0.3, 0.4) is 0 Å². The van der Waals surface area contributed by atoms with Gasteiger partial charge in [0, 0.05) is 20.7 Å². The fourth-order valence-corrected chi connectivity index (χ4v) is 3.05. The Morgan fingerprint density at radius 2 is 1.91 bits per heavy atom. The van der Waals surface area contributed by atoms with Crippen molar-refractivity contribution in [3.8, 4) is 0 Å². The van der Waals surface area contributed by atoms with Crippen LogP contribution in [0, 0.1) is 10.5 Å². The van der Waals surface area contributed by atoms with E-state index < -0.39 is 0 Å². The molecule has 0 aliphatic heterocycles. The maximum atomic E-state index is 12.2. The summed E-state index contributed by atoms with van der Waals surface area (Å²) in [5, 5.41) is 5.27. The summed E-state index contributed by atoms with van der Waals surface area (Å²) < 4.78 is 3.07. The molecule has 3 aromatic rings. The second-order valence-electron chi connectivity index (χ2n) is 5.25. The van der Waals surface area contributed by atoms with E-state index in [1.807, 2.05) is 60.3 Å². The van der Waals surface area contributed by atoms with Crippen LogP contribution in [0.15, 0.2) is 60.9 Å². The number of nitrogens with one attached hydrogen (secondary N) is 1. The molecule has 0 radical (unpaired) electrons. The molecule has 0 fully saturated rings. The molecule has 1 amide bonds. The van der Waals surface area contributed by atoms with Crippen molar-refractivity contribution in [3.63, 3.8) is 0 Å². The molecule has 1 aromatic heterocycles. The average Bonchev–Trinajstić information content (AvgIpc) is 2.50. The third-order valence-electron chi connectivity index (χ3n) is 3.54. The summed E-state index contributed by atoms with van der Waals surface area (Å²) in [6.07, 6.45) is 3.93. The van der Waals surface area contributed by atoms with E-state index in [0.717, 1.165) is 20.2 Å². The number of hydrogen-bond donors (Lipinski definition) is 1. The normalized spacial score (nSPS) is 10.6. The highest BCUT2D eigenvalue weighted by Crippen LogP contribution is 2.17. The number of aryl methyl sites for hydroxylation is 1. The van der Waals surface area contributed by atoms with E-state index in [0.29, 0.717) is 6.54 Å². The van der Waals surface area contributed by atoms with E-state index in [9.17, 15) is 4.79 Å². The number of hydrogen-bond acceptors (Lipinski definition) is 1. The van der Waals surface area contributed by atoms with Crippen LogP contribution in [0.2, 0.25) is 0 Å². The van der Waals surface area contributed by atoms with E-state index in [-0.39, 0.29) is 5.91 Å². The number of amides is 1. The average molecular weight is 403 g/mol. The molecule has 0 aliphatic carbocycles. The lowest BCUT2D eigenvalue weighted by Crippen LogP contribution is -2.39. The number of nitrogens with zero attached hydrogens (tertiary/aromatic N) is 1. The summed E-state index contributed by atoms with van der Waals surface area (Å²) in [5.41, 5.74) is 1.94. The summed E-state index contributed by atoms with van der Waals surface area (Å²) in [6.45, 7) is 2.30. The van der Waals surface area contributed by atoms with Crippen molar-refractivity contribution in [3.05, 3.63) is 70.1 Å². The quantitative estimate of drug-likeness (QED) is 0.526. The highest BCUT2D eigenvalue weighted by molar-refractivity contribution is 14.1. The fraction of sp³-hybridized carbons (Fsp3) is 0.111. The van der Waals surface area contributed by atoms with Gasteiger partial charge in [0.15, 0.2) is 12.4 Å². The molecule has 3 rings (SSSR count). The monoisotopic (exact) mass is 403 g/mol. The summed E-state index contributed by atoms with van der Waals surface area (Å²) in [4.78, 5) is 12.2. The minimum Gasteiger partial charge on any atom is -0.320 e. The van der Waals surface area contributed by atoms with Crippen molar-refractivity contribution in [2.24, 2.45) is 0 Å². The maximum Gasteiger partial charge on any atom is 0.290 e. The highest BCUT2D eigenvalue weighted by Gasteiger charge is 2.11. The molecule has 4 heteroatoms. The third-order valence-corrected chi connectivity index (χ3v) is 4.21. The van der Waals surface area contributed by atoms with Crippen LogP contribution in [0.4, 0.5) is 5.69 Å². The van der Waals surface area contributed by atoms with Crippen molar-refractivity contribution in [1.82, 2.24) is 0 Å². The van der Waals surface area contributed by atoms with Gasteiger partial charge in [0.05, 0.1) is 0 Å². The molecule has 0 aliphatic rings. The van der Waals surface area contributed by atoms with Gasteiger partial charge in [-0.05, 0) is 64.7 Å². The van der Waals surface area contributed by atoms with Gasteiger partial charge in [0.1, 0.15) is 0 Å². The standard InChI is InChI=1S/C18H15IN2O/c1-13-10-16(19)6-7-17(13)20-18(22)12-21-9-8-14-4-2-3-5-15(14)11-21/h2-11H,12H2,1H3/p+1. The number of fused-ring (bicyclic) bond motifs is 1. The number of pyridine rings is 1. The molecular weight excluding hydrogens is 387 g/mol. The van der Waals surface area contributed by atoms with Crippen molar-refractivity contribution >= 4 is 45.0 Å². The van der Waals surface area contributed by atoms with Crippen molar-refractivity contribution < 1.29 is 9.36 Å². The second-order valence-corrected chi connectivity index (χ2v) is 6.50. The fourth-order valence-electron chi connectivity index (χ4n) is 2.40. The van der Waals surface area contributed by atoms with Gasteiger partial charge in [-0.15, -0.1) is 0 Å². The Bertz CT molecular complexity index is 845. The first kappa shape index (κ1) is 15.0. The molecule has 1 heterocycles. The van der Waals surface area contributed by atoms with E-state index in [1.54, 1.807) is 0 Å². The summed E-state index contributed by atoms with van der Waals surface area (Å²) >= 11 is 2.27. The van der Waals surface area contributed by atoms with Crippen LogP contribution in [-0.2, 0) is 11.3 Å². The molecule has 110 valence electrons. The second kappa shape index (κ2) is 6.44. The molecule has 0 saturated heterocycles. The number of halogens is 1. The Balaban J connectivity index is 1.75. The predicted molar refractivity (Wildman–Crippen MR) is 96.7 cm³/mol. The lowest BCUT2D eigenvalue weighted by molar-refractivity contribution is -0.682. The largest absolute Gasteiger partial charge is 0.320 e. The molecule has 3 nitrogen and oxygen atoms in total. The summed E-state index contributed by atoms with van der Waals surface area (Å²) in [5.74, 6) is -0.0235. The van der Waals surface area contributed by atoms with Gasteiger partial charge in [0.2, 0.25) is 6.54 Å². The number of benzene rings is 2. The Kier molecular flexibility index (Phi) is 4.38. The molecule has 2 aromatic carbocycles. The minimum absolute atomic E-state index is 0.0235. The van der Waals surface area contributed by atoms with Crippen molar-refractivity contribution in [1.29, 1.82) is 0 Å². The van der Waals surface area contributed by atoms with Crippen LogP contribution in [0.25, 0.3) is 10.8 Å². The van der Waals surface area contributed by atoms with E-state index in [4.69, 9.17) is 0 Å². The van der Waals surface area contributed by atoms with E-state index >= 15 is 0 Å². The van der Waals surface area contributed by atoms with Crippen LogP contribution < -0.4 is 9.88 Å². The lowest BCUT2D eigenvalue weighted by atomic mass is 10.2. The SMILES string of the molecule is Cc1cc(I)ccc1NC(=O)C[n+]1ccc2ccccc2c1. The van der Waals surface area contributed by atoms with Crippen molar-refractivity contribution in [2.45, 2.75) is 13.5 Å². The molecule has 0 unspecified atom stereocenters. The first-order valence-corrected chi connectivity index (χ1v) is 8.13. The van der Waals surface area contributed by atoms with Gasteiger partial charge in [-0.3, -0.25) is 4.79 Å². The van der Waals surface area contributed by atoms with Crippen LogP contribution >= 0.6 is 22.6 Å². The maximum absolute atomic E-state index is 12.2. The zero-order valence-electron chi connectivity index (χ0n) is 12.2. The Hall–Kier alpha value is -1.95. The van der Waals surface area contributed by atoms with Gasteiger partial charge in [-0.2, -0.15) is 4.57 Å². The zero-order valence-corrected chi connectivity index (χ0v) is 14.4. The molecular formula is C18H16IN2O+. The highest BCUT2D eigenvalue weighted by atomic mass is 127. The summed E-state index contributed by atoms with van der Waals surface area (Å²) in [7, 11) is 0. The first-order chi connectivity index (χ1) is 10.6. The molecule has 0 atom stereocenters. The predicted octanol–water partition coefficient (Wildman–Crippen LogP) is 3.68. The van der Waals surface area contributed by atoms with Gasteiger partial charge in [-0.25, -0.2) is 0 Å². The Labute approximate surface area is 143 Å². The van der Waals surface area contributed by atoms with Crippen LogP contribution in [-0.4, -0.2) is 5.91 Å². The van der Waals surface area contributed by atoms with E-state index in [2.05, 4.69) is 40.0 Å². The Morgan fingerprint density at radius 1 is 1.14 bits per heavy atom. The summed E-state index contributed by atoms with van der Waals surface area (Å²) in [6, 6.07) is 16.1. The van der Waals surface area contributed by atoms with Gasteiger partial charge in [0.25, 0.3) is 5.91 Å². The lowest BCUT2D eigenvalue weighted by Gasteiger charge is -2.07. The number of anilines is 1.